The third-order valence-corrected chi connectivity index (χ3v) is 11.9. The van der Waals surface area contributed by atoms with E-state index in [9.17, 15) is 38.1 Å². The summed E-state index contributed by atoms with van der Waals surface area (Å²) in [6.45, 7) is 0. The predicted octanol–water partition coefficient (Wildman–Crippen LogP) is 0.345. The molecule has 6 N–H and O–H groups in total. The zero-order chi connectivity index (χ0) is 34.4. The average Bonchev–Trinajstić information content (AvgIpc) is 3.08. The fraction of sp³-hybridized carbons (Fsp3) is 0.267. The Hall–Kier alpha value is -4.22. The number of hydrogen-bond acceptors (Lipinski definition) is 9. The van der Waals surface area contributed by atoms with Crippen LogP contribution in [0.4, 0.5) is 0 Å². The molecule has 1 unspecified atom stereocenters. The van der Waals surface area contributed by atoms with E-state index in [2.05, 4.69) is 16.0 Å². The van der Waals surface area contributed by atoms with Crippen LogP contribution < -0.4 is 21.7 Å². The molecule has 2 aromatic rings. The van der Waals surface area contributed by atoms with E-state index in [4.69, 9.17) is 28.9 Å². The lowest BCUT2D eigenvalue weighted by Gasteiger charge is -2.49. The molecule has 0 bridgehead atoms. The Balaban J connectivity index is 1.19. The molecule has 14 nitrogen and oxygen atoms in total. The molecular weight excluding hydrogens is 707 g/mol. The molecule has 2 saturated heterocycles. The highest BCUT2D eigenvalue weighted by Gasteiger charge is 2.58. The highest BCUT2D eigenvalue weighted by molar-refractivity contribution is 8.00. The van der Waals surface area contributed by atoms with Crippen LogP contribution in [0.25, 0.3) is 0 Å². The van der Waals surface area contributed by atoms with Crippen molar-refractivity contribution in [2.24, 2.45) is 5.73 Å². The van der Waals surface area contributed by atoms with E-state index in [0.717, 1.165) is 9.80 Å². The summed E-state index contributed by atoms with van der Waals surface area (Å²) in [6, 6.07) is 11.6. The number of carbonyl (C=O) groups is 6. The minimum Gasteiger partial charge on any atom is -0.477 e. The molecular formula is C30H26Cl2N6O8S2. The molecule has 4 aliphatic heterocycles. The summed E-state index contributed by atoms with van der Waals surface area (Å²) in [4.78, 5) is 80.3. The molecule has 5 amide bonds. The molecule has 2 fully saturated rings. The van der Waals surface area contributed by atoms with E-state index in [1.54, 1.807) is 60.7 Å². The molecule has 4 aliphatic rings. The number of thioether (sulfide) groups is 1. The summed E-state index contributed by atoms with van der Waals surface area (Å²) >= 11 is 13.6. The van der Waals surface area contributed by atoms with Crippen LogP contribution in [-0.2, 0) is 39.6 Å². The van der Waals surface area contributed by atoms with Gasteiger partial charge in [-0.3, -0.25) is 38.0 Å². The van der Waals surface area contributed by atoms with E-state index in [1.807, 2.05) is 0 Å². The molecule has 0 aliphatic carbocycles. The largest absolute Gasteiger partial charge is 0.477 e. The lowest BCUT2D eigenvalue weighted by molar-refractivity contribution is -0.151. The fourth-order valence-corrected chi connectivity index (χ4v) is 9.30. The van der Waals surface area contributed by atoms with Crippen molar-refractivity contribution in [2.45, 2.75) is 34.9 Å². The molecule has 7 atom stereocenters. The monoisotopic (exact) mass is 732 g/mol. The number of carboxylic acids is 1. The number of carbonyl (C=O) groups excluding carboxylic acids is 5. The van der Waals surface area contributed by atoms with Gasteiger partial charge < -0.3 is 26.8 Å². The van der Waals surface area contributed by atoms with Crippen LogP contribution in [0.1, 0.15) is 23.2 Å². The molecule has 0 saturated carbocycles. The van der Waals surface area contributed by atoms with Crippen molar-refractivity contribution in [3.05, 3.63) is 93.2 Å². The van der Waals surface area contributed by atoms with Crippen molar-refractivity contribution in [1.29, 1.82) is 0 Å². The summed E-state index contributed by atoms with van der Waals surface area (Å²) in [5, 5.41) is 15.2. The van der Waals surface area contributed by atoms with Crippen molar-refractivity contribution in [2.75, 3.05) is 11.5 Å². The van der Waals surface area contributed by atoms with Crippen molar-refractivity contribution in [3.63, 3.8) is 0 Å². The number of aliphatic carboxylic acids is 1. The number of rotatable bonds is 9. The summed E-state index contributed by atoms with van der Waals surface area (Å²) in [6.07, 6.45) is 0. The summed E-state index contributed by atoms with van der Waals surface area (Å²) in [5.74, 6) is -5.43. The number of nitrogens with one attached hydrogen (secondary N) is 3. The quantitative estimate of drug-likeness (QED) is 0.224. The Morgan fingerprint density at radius 3 is 2.06 bits per heavy atom. The van der Waals surface area contributed by atoms with Crippen molar-refractivity contribution in [3.8, 4) is 0 Å². The van der Waals surface area contributed by atoms with Gasteiger partial charge in [-0.05, 0) is 11.1 Å². The van der Waals surface area contributed by atoms with Gasteiger partial charge in [-0.15, -0.1) is 11.8 Å². The van der Waals surface area contributed by atoms with Gasteiger partial charge in [0.05, 0.1) is 26.6 Å². The van der Waals surface area contributed by atoms with Gasteiger partial charge in [-0.1, -0.05) is 83.9 Å². The van der Waals surface area contributed by atoms with Gasteiger partial charge >= 0.3 is 5.97 Å². The van der Waals surface area contributed by atoms with Gasteiger partial charge in [0.2, 0.25) is 11.8 Å². The number of carboxylic acid groups (broad SMARTS) is 1. The first-order valence-corrected chi connectivity index (χ1v) is 17.5. The van der Waals surface area contributed by atoms with Gasteiger partial charge in [0.25, 0.3) is 17.7 Å². The Morgan fingerprint density at radius 2 is 1.44 bits per heavy atom. The number of halogens is 2. The van der Waals surface area contributed by atoms with E-state index >= 15 is 0 Å². The molecule has 18 heteroatoms. The zero-order valence-corrected chi connectivity index (χ0v) is 27.6. The van der Waals surface area contributed by atoms with Gasteiger partial charge in [0.15, 0.2) is 0 Å². The third-order valence-electron chi connectivity index (χ3n) is 8.13. The summed E-state index contributed by atoms with van der Waals surface area (Å²) in [7, 11) is -1.80. The first kappa shape index (κ1) is 33.7. The molecule has 4 heterocycles. The maximum atomic E-state index is 13.8. The van der Waals surface area contributed by atoms with Gasteiger partial charge in [0, 0.05) is 5.75 Å². The molecule has 250 valence electrons. The van der Waals surface area contributed by atoms with Gasteiger partial charge in [0.1, 0.15) is 46.3 Å². The second kappa shape index (κ2) is 13.4. The first-order chi connectivity index (χ1) is 22.9. The van der Waals surface area contributed by atoms with Crippen LogP contribution in [0.5, 0.6) is 0 Å². The highest BCUT2D eigenvalue weighted by Crippen LogP contribution is 2.42. The Morgan fingerprint density at radius 1 is 0.854 bits per heavy atom. The summed E-state index contributed by atoms with van der Waals surface area (Å²) in [5.41, 5.74) is 6.19. The number of β-lactam (4-membered cyclic amide) rings is 2. The number of fused-ring (bicyclic) bond motifs is 2. The smallest absolute Gasteiger partial charge is 0.353 e. The molecule has 0 radical (unpaired) electrons. The number of nitrogens with zero attached hydrogens (tertiary/aromatic N) is 2. The number of benzene rings is 2. The van der Waals surface area contributed by atoms with Gasteiger partial charge in [-0.2, -0.15) is 0 Å². The average molecular weight is 734 g/mol. The van der Waals surface area contributed by atoms with Crippen molar-refractivity contribution >= 4 is 81.3 Å². The molecule has 2 aromatic carbocycles. The fourth-order valence-electron chi connectivity index (χ4n) is 5.76. The standard InChI is InChI=1S/C30H26Cl2N6O8S2/c31-15-11-47-28-19(26(42)37(28)22(15)30(44)45)35-24(40)18(14-9-5-2-6-10-14)34-25(41)21-16(32)12-48(46)29-20(27(43)38(21)29)36-23(39)17(33)13-7-3-1-4-8-13/h1-10,17-20,28-29H,11-12,33H2,(H,34,41)(H,35,40)(H,36,39)(H,44,45)/t17-,18-,19-,20-,28-,29-,48?/m1/s1. The number of amides is 5. The molecule has 48 heavy (non-hydrogen) atoms. The number of nitrogens with two attached hydrogens (primary N) is 1. The third kappa shape index (κ3) is 5.87. The first-order valence-electron chi connectivity index (χ1n) is 14.3. The predicted molar refractivity (Wildman–Crippen MR) is 175 cm³/mol. The van der Waals surface area contributed by atoms with Crippen LogP contribution in [-0.4, -0.2) is 89.0 Å². The Labute approximate surface area is 289 Å². The van der Waals surface area contributed by atoms with Crippen LogP contribution in [0.3, 0.4) is 0 Å². The minimum absolute atomic E-state index is 0.00504. The lowest BCUT2D eigenvalue weighted by atomic mass is 10.0. The van der Waals surface area contributed by atoms with Crippen LogP contribution in [0, 0.1) is 0 Å². The Kier molecular flexibility index (Phi) is 9.37. The second-order valence-electron chi connectivity index (χ2n) is 11.0. The molecule has 0 spiro atoms. The topological polar surface area (TPSA) is 208 Å². The lowest BCUT2D eigenvalue weighted by Crippen LogP contribution is -2.74. The second-order valence-corrected chi connectivity index (χ2v) is 14.6. The molecule has 0 aromatic heterocycles. The maximum absolute atomic E-state index is 13.8. The zero-order valence-electron chi connectivity index (χ0n) is 24.5. The van der Waals surface area contributed by atoms with Crippen LogP contribution in [0.15, 0.2) is 82.1 Å². The normalized spacial score (nSPS) is 25.9. The SMILES string of the molecule is N[C@@H](C(=O)N[C@@H]1C(=O)N2C(C(=O)N[C@@H](C(=O)N[C@@H]3C(=O)N4C(C(=O)O)=C(Cl)CS[C@H]34)c3ccccc3)=C(Cl)CS(=O)[C@H]12)c1ccccc1. The van der Waals surface area contributed by atoms with Crippen LogP contribution in [0.2, 0.25) is 0 Å². The van der Waals surface area contributed by atoms with Crippen molar-refractivity contribution < 1.29 is 38.1 Å². The molecule has 6 rings (SSSR count). The summed E-state index contributed by atoms with van der Waals surface area (Å²) < 4.78 is 13.1. The highest BCUT2D eigenvalue weighted by atomic mass is 35.5. The van der Waals surface area contributed by atoms with Crippen molar-refractivity contribution in [1.82, 2.24) is 25.8 Å². The van der Waals surface area contributed by atoms with E-state index in [-0.39, 0.29) is 33.0 Å². The Bertz CT molecular complexity index is 1830. The van der Waals surface area contributed by atoms with Gasteiger partial charge in [-0.25, -0.2) is 4.79 Å². The number of hydrogen-bond donors (Lipinski definition) is 5. The van der Waals surface area contributed by atoms with Crippen LogP contribution >= 0.6 is 35.0 Å². The minimum atomic E-state index is -1.80. The maximum Gasteiger partial charge on any atom is 0.353 e. The van der Waals surface area contributed by atoms with E-state index in [0.29, 0.717) is 11.1 Å². The van der Waals surface area contributed by atoms with E-state index < -0.39 is 81.2 Å². The van der Waals surface area contributed by atoms with E-state index in [1.165, 1.54) is 11.8 Å².